The number of nitrogens with two attached hydrogens (primary N) is 1. The summed E-state index contributed by atoms with van der Waals surface area (Å²) in [5.74, 6) is 0.909. The summed E-state index contributed by atoms with van der Waals surface area (Å²) in [6, 6.07) is 5.55. The number of rotatable bonds is 5. The fourth-order valence-corrected chi connectivity index (χ4v) is 1.68. The zero-order valence-electron chi connectivity index (χ0n) is 11.0. The van der Waals surface area contributed by atoms with Crippen LogP contribution in [-0.4, -0.2) is 19.4 Å². The molecule has 3 heteroatoms. The van der Waals surface area contributed by atoms with Crippen LogP contribution in [0.5, 0.6) is 5.75 Å². The minimum Gasteiger partial charge on any atom is -0.496 e. The Kier molecular flexibility index (Phi) is 4.29. The summed E-state index contributed by atoms with van der Waals surface area (Å²) in [6.45, 7) is 6.12. The highest BCUT2D eigenvalue weighted by molar-refractivity contribution is 6.00. The lowest BCUT2D eigenvalue weighted by Crippen LogP contribution is -2.32. The molecule has 0 spiro atoms. The Morgan fingerprint density at radius 2 is 2.06 bits per heavy atom. The molecule has 0 saturated carbocycles. The van der Waals surface area contributed by atoms with Crippen molar-refractivity contribution in [2.45, 2.75) is 27.2 Å². The van der Waals surface area contributed by atoms with E-state index in [1.54, 1.807) is 13.2 Å². The predicted octanol–water partition coefficient (Wildman–Crippen LogP) is 2.43. The van der Waals surface area contributed by atoms with Crippen LogP contribution >= 0.6 is 0 Å². The van der Waals surface area contributed by atoms with Crippen molar-refractivity contribution in [1.82, 2.24) is 0 Å². The summed E-state index contributed by atoms with van der Waals surface area (Å²) < 4.78 is 5.25. The summed E-state index contributed by atoms with van der Waals surface area (Å²) in [5.41, 5.74) is 6.87. The van der Waals surface area contributed by atoms with Crippen LogP contribution < -0.4 is 10.5 Å². The highest BCUT2D eigenvalue weighted by Gasteiger charge is 2.27. The van der Waals surface area contributed by atoms with Crippen LogP contribution in [0, 0.1) is 5.41 Å². The third-order valence-corrected chi connectivity index (χ3v) is 3.05. The lowest BCUT2D eigenvalue weighted by Gasteiger charge is -2.21. The van der Waals surface area contributed by atoms with Crippen molar-refractivity contribution in [3.8, 4) is 5.75 Å². The molecule has 1 aromatic rings. The first-order valence-corrected chi connectivity index (χ1v) is 5.88. The number of Topliss-reactive ketones (excluding diaryl/α,β-unsaturated/α-hetero) is 1. The van der Waals surface area contributed by atoms with Gasteiger partial charge < -0.3 is 10.5 Å². The zero-order chi connectivity index (χ0) is 13.1. The topological polar surface area (TPSA) is 52.3 Å². The number of aryl methyl sites for hydroxylation is 1. The number of hydrogen-bond donors (Lipinski definition) is 1. The summed E-state index contributed by atoms with van der Waals surface area (Å²) in [5, 5.41) is 0. The Bertz CT molecular complexity index is 411. The molecule has 1 rings (SSSR count). The number of carbonyl (C=O) groups excluding carboxylic acids is 1. The highest BCUT2D eigenvalue weighted by atomic mass is 16.5. The summed E-state index contributed by atoms with van der Waals surface area (Å²) in [4.78, 5) is 12.2. The van der Waals surface area contributed by atoms with Gasteiger partial charge in [-0.05, 0) is 30.2 Å². The number of ketones is 1. The van der Waals surface area contributed by atoms with Crippen LogP contribution in [0.1, 0.15) is 36.7 Å². The Balaban J connectivity index is 3.12. The number of carbonyl (C=O) groups is 1. The molecule has 0 saturated heterocycles. The number of ether oxygens (including phenoxy) is 1. The van der Waals surface area contributed by atoms with E-state index >= 15 is 0 Å². The fourth-order valence-electron chi connectivity index (χ4n) is 1.68. The van der Waals surface area contributed by atoms with Crippen molar-refractivity contribution in [3.63, 3.8) is 0 Å². The van der Waals surface area contributed by atoms with Crippen LogP contribution in [0.3, 0.4) is 0 Å². The minimum absolute atomic E-state index is 0.0809. The maximum Gasteiger partial charge on any atom is 0.169 e. The van der Waals surface area contributed by atoms with Gasteiger partial charge in [0.25, 0.3) is 0 Å². The van der Waals surface area contributed by atoms with Gasteiger partial charge >= 0.3 is 0 Å². The lowest BCUT2D eigenvalue weighted by atomic mass is 9.84. The van der Waals surface area contributed by atoms with E-state index in [4.69, 9.17) is 10.5 Å². The average Bonchev–Trinajstić information content (AvgIpc) is 2.36. The van der Waals surface area contributed by atoms with Crippen molar-refractivity contribution >= 4 is 5.78 Å². The van der Waals surface area contributed by atoms with Crippen molar-refractivity contribution < 1.29 is 9.53 Å². The maximum absolute atomic E-state index is 12.2. The van der Waals surface area contributed by atoms with E-state index in [1.165, 1.54) is 0 Å². The molecule has 0 bridgehead atoms. The van der Waals surface area contributed by atoms with Crippen LogP contribution in [0.2, 0.25) is 0 Å². The Morgan fingerprint density at radius 3 is 2.53 bits per heavy atom. The van der Waals surface area contributed by atoms with Gasteiger partial charge in [0, 0.05) is 17.5 Å². The Hall–Kier alpha value is -1.35. The quantitative estimate of drug-likeness (QED) is 0.797. The molecular weight excluding hydrogens is 214 g/mol. The molecule has 0 aliphatic rings. The molecule has 1 aromatic carbocycles. The summed E-state index contributed by atoms with van der Waals surface area (Å²) in [7, 11) is 1.64. The summed E-state index contributed by atoms with van der Waals surface area (Å²) >= 11 is 0. The van der Waals surface area contributed by atoms with Gasteiger partial charge in [0.05, 0.1) is 7.11 Å². The molecule has 0 aliphatic carbocycles. The van der Waals surface area contributed by atoms with Crippen LogP contribution in [0.15, 0.2) is 18.2 Å². The second-order valence-corrected chi connectivity index (χ2v) is 4.80. The second-order valence-electron chi connectivity index (χ2n) is 4.80. The maximum atomic E-state index is 12.2. The second kappa shape index (κ2) is 5.32. The average molecular weight is 235 g/mol. The molecule has 17 heavy (non-hydrogen) atoms. The summed E-state index contributed by atoms with van der Waals surface area (Å²) in [6.07, 6.45) is 0.841. The first kappa shape index (κ1) is 13.7. The van der Waals surface area contributed by atoms with Crippen molar-refractivity contribution in [3.05, 3.63) is 29.3 Å². The molecule has 0 fully saturated rings. The Morgan fingerprint density at radius 1 is 1.41 bits per heavy atom. The molecule has 0 aliphatic heterocycles. The third kappa shape index (κ3) is 2.86. The van der Waals surface area contributed by atoms with Crippen LogP contribution in [-0.2, 0) is 6.42 Å². The van der Waals surface area contributed by atoms with E-state index in [0.717, 1.165) is 17.7 Å². The van der Waals surface area contributed by atoms with E-state index in [1.807, 2.05) is 32.9 Å². The minimum atomic E-state index is -0.514. The third-order valence-electron chi connectivity index (χ3n) is 3.05. The molecule has 0 heterocycles. The molecule has 3 nitrogen and oxygen atoms in total. The smallest absolute Gasteiger partial charge is 0.169 e. The molecule has 2 N–H and O–H groups in total. The van der Waals surface area contributed by atoms with Gasteiger partial charge in [-0.25, -0.2) is 0 Å². The van der Waals surface area contributed by atoms with E-state index in [-0.39, 0.29) is 5.78 Å². The Labute approximate surface area is 103 Å². The molecule has 0 aromatic heterocycles. The fraction of sp³-hybridized carbons (Fsp3) is 0.500. The number of benzene rings is 1. The van der Waals surface area contributed by atoms with Crippen molar-refractivity contribution in [2.75, 3.05) is 13.7 Å². The highest BCUT2D eigenvalue weighted by Crippen LogP contribution is 2.25. The van der Waals surface area contributed by atoms with Gasteiger partial charge in [0.1, 0.15) is 5.75 Å². The zero-order valence-corrected chi connectivity index (χ0v) is 11.0. The lowest BCUT2D eigenvalue weighted by molar-refractivity contribution is 0.0847. The number of hydrogen-bond acceptors (Lipinski definition) is 3. The molecule has 94 valence electrons. The van der Waals surface area contributed by atoms with Crippen LogP contribution in [0.4, 0.5) is 0 Å². The first-order valence-electron chi connectivity index (χ1n) is 5.88. The SMILES string of the molecule is CCc1cc(C(=O)C(C)(C)CN)ccc1OC. The molecule has 0 radical (unpaired) electrons. The van der Waals surface area contributed by atoms with E-state index < -0.39 is 5.41 Å². The molecule has 0 amide bonds. The first-order chi connectivity index (χ1) is 7.96. The molecule has 0 unspecified atom stereocenters. The van der Waals surface area contributed by atoms with Gasteiger partial charge in [-0.1, -0.05) is 20.8 Å². The van der Waals surface area contributed by atoms with Gasteiger partial charge in [0.15, 0.2) is 5.78 Å². The van der Waals surface area contributed by atoms with E-state index in [9.17, 15) is 4.79 Å². The molecule has 0 atom stereocenters. The van der Waals surface area contributed by atoms with Crippen molar-refractivity contribution in [1.29, 1.82) is 0 Å². The normalized spacial score (nSPS) is 11.4. The molecular formula is C14H21NO2. The van der Waals surface area contributed by atoms with E-state index in [0.29, 0.717) is 12.1 Å². The largest absolute Gasteiger partial charge is 0.496 e. The van der Waals surface area contributed by atoms with Gasteiger partial charge in [-0.3, -0.25) is 4.79 Å². The predicted molar refractivity (Wildman–Crippen MR) is 69.5 cm³/mol. The number of methoxy groups -OCH3 is 1. The van der Waals surface area contributed by atoms with Gasteiger partial charge in [0.2, 0.25) is 0 Å². The van der Waals surface area contributed by atoms with Gasteiger partial charge in [-0.2, -0.15) is 0 Å². The van der Waals surface area contributed by atoms with E-state index in [2.05, 4.69) is 0 Å². The van der Waals surface area contributed by atoms with Crippen LogP contribution in [0.25, 0.3) is 0 Å². The van der Waals surface area contributed by atoms with Gasteiger partial charge in [-0.15, -0.1) is 0 Å². The van der Waals surface area contributed by atoms with Crippen molar-refractivity contribution in [2.24, 2.45) is 11.1 Å². The monoisotopic (exact) mass is 235 g/mol. The standard InChI is InChI=1S/C14H21NO2/c1-5-10-8-11(6-7-12(10)17-4)13(16)14(2,3)9-15/h6-8H,5,9,15H2,1-4H3.